The van der Waals surface area contributed by atoms with Crippen LogP contribution in [0.4, 0.5) is 13.2 Å². The standard InChI is InChI=1S/C19H20N4O.C2HF3O2/c1-11-5-4-6-15(12(11)2)19-22-18(23-24-19)17-13(3)21-10-14-9-20-8-7-16(14)17;3-2(4,5)1(6)7/h4-6,10,20H,7-9H2,1-3H3;(H,6,7). The average molecular weight is 434 g/mol. The van der Waals surface area contributed by atoms with Gasteiger partial charge in [-0.25, -0.2) is 4.79 Å². The zero-order valence-corrected chi connectivity index (χ0v) is 17.2. The third-order valence-corrected chi connectivity index (χ3v) is 5.06. The van der Waals surface area contributed by atoms with Gasteiger partial charge in [0.2, 0.25) is 5.82 Å². The molecule has 1 aliphatic heterocycles. The highest BCUT2D eigenvalue weighted by atomic mass is 19.4. The Labute approximate surface area is 176 Å². The number of carbonyl (C=O) groups is 1. The number of halogens is 3. The molecule has 7 nitrogen and oxygen atoms in total. The predicted molar refractivity (Wildman–Crippen MR) is 106 cm³/mol. The Morgan fingerprint density at radius 1 is 1.23 bits per heavy atom. The lowest BCUT2D eigenvalue weighted by Crippen LogP contribution is -2.24. The number of nitrogens with zero attached hydrogens (tertiary/aromatic N) is 3. The quantitative estimate of drug-likeness (QED) is 0.629. The highest BCUT2D eigenvalue weighted by Crippen LogP contribution is 2.31. The number of fused-ring (bicyclic) bond motifs is 1. The van der Waals surface area contributed by atoms with Gasteiger partial charge in [-0.15, -0.1) is 0 Å². The van der Waals surface area contributed by atoms with E-state index in [2.05, 4.69) is 40.4 Å². The lowest BCUT2D eigenvalue weighted by Gasteiger charge is -2.19. The second-order valence-corrected chi connectivity index (χ2v) is 7.12. The van der Waals surface area contributed by atoms with Crippen molar-refractivity contribution < 1.29 is 27.6 Å². The van der Waals surface area contributed by atoms with Crippen LogP contribution in [-0.4, -0.2) is 38.9 Å². The Bertz CT molecular complexity index is 1110. The molecule has 0 saturated carbocycles. The van der Waals surface area contributed by atoms with E-state index in [-0.39, 0.29) is 0 Å². The SMILES string of the molecule is Cc1cccc(-c2nc(-c3c(C)ncc4c3CCNC4)no2)c1C.O=C(O)C(F)(F)F. The second-order valence-electron chi connectivity index (χ2n) is 7.12. The molecule has 31 heavy (non-hydrogen) atoms. The molecule has 3 heterocycles. The molecule has 2 N–H and O–H groups in total. The van der Waals surface area contributed by atoms with Gasteiger partial charge in [-0.3, -0.25) is 4.98 Å². The van der Waals surface area contributed by atoms with Gasteiger partial charge in [0, 0.05) is 29.6 Å². The molecular formula is C21H21F3N4O3. The molecule has 1 aliphatic rings. The van der Waals surface area contributed by atoms with Crippen molar-refractivity contribution in [2.24, 2.45) is 0 Å². The Balaban J connectivity index is 0.000000339. The first-order valence-electron chi connectivity index (χ1n) is 9.48. The first-order chi connectivity index (χ1) is 14.6. The van der Waals surface area contributed by atoms with Crippen molar-refractivity contribution in [3.05, 3.63) is 52.3 Å². The van der Waals surface area contributed by atoms with E-state index in [1.54, 1.807) is 0 Å². The number of carboxylic acid groups (broad SMARTS) is 1. The van der Waals surface area contributed by atoms with Crippen LogP contribution in [0.1, 0.15) is 27.9 Å². The van der Waals surface area contributed by atoms with Crippen molar-refractivity contribution in [1.29, 1.82) is 0 Å². The normalized spacial score (nSPS) is 13.2. The molecule has 0 amide bonds. The van der Waals surface area contributed by atoms with E-state index >= 15 is 0 Å². The second kappa shape index (κ2) is 8.84. The molecule has 10 heteroatoms. The van der Waals surface area contributed by atoms with Gasteiger partial charge in [0.05, 0.1) is 0 Å². The maximum Gasteiger partial charge on any atom is 0.490 e. The van der Waals surface area contributed by atoms with Gasteiger partial charge < -0.3 is 14.9 Å². The van der Waals surface area contributed by atoms with Crippen molar-refractivity contribution >= 4 is 5.97 Å². The minimum atomic E-state index is -5.08. The summed E-state index contributed by atoms with van der Waals surface area (Å²) in [6, 6.07) is 6.13. The van der Waals surface area contributed by atoms with Crippen molar-refractivity contribution in [3.8, 4) is 22.8 Å². The van der Waals surface area contributed by atoms with E-state index in [0.717, 1.165) is 36.3 Å². The molecule has 0 unspecified atom stereocenters. The number of aryl methyl sites for hydroxylation is 2. The van der Waals surface area contributed by atoms with Crippen LogP contribution in [0, 0.1) is 20.8 Å². The molecule has 0 saturated heterocycles. The van der Waals surface area contributed by atoms with Crippen LogP contribution in [0.5, 0.6) is 0 Å². The van der Waals surface area contributed by atoms with Crippen LogP contribution in [-0.2, 0) is 17.8 Å². The molecule has 4 rings (SSSR count). The molecule has 0 radical (unpaired) electrons. The van der Waals surface area contributed by atoms with Crippen LogP contribution in [0.3, 0.4) is 0 Å². The molecule has 0 spiro atoms. The maximum atomic E-state index is 10.6. The summed E-state index contributed by atoms with van der Waals surface area (Å²) in [7, 11) is 0. The van der Waals surface area contributed by atoms with E-state index < -0.39 is 12.1 Å². The smallest absolute Gasteiger partial charge is 0.475 e. The highest BCUT2D eigenvalue weighted by molar-refractivity contribution is 5.73. The zero-order valence-electron chi connectivity index (χ0n) is 17.2. The van der Waals surface area contributed by atoms with Crippen LogP contribution in [0.2, 0.25) is 0 Å². The Morgan fingerprint density at radius 3 is 2.61 bits per heavy atom. The number of carboxylic acids is 1. The fraction of sp³-hybridized carbons (Fsp3) is 0.333. The number of aromatic nitrogens is 3. The first kappa shape index (κ1) is 22.4. The summed E-state index contributed by atoms with van der Waals surface area (Å²) in [5.74, 6) is -1.56. The van der Waals surface area contributed by atoms with Crippen molar-refractivity contribution in [3.63, 3.8) is 0 Å². The van der Waals surface area contributed by atoms with Gasteiger partial charge in [0.15, 0.2) is 0 Å². The highest BCUT2D eigenvalue weighted by Gasteiger charge is 2.38. The van der Waals surface area contributed by atoms with Gasteiger partial charge in [-0.05, 0) is 62.1 Å². The van der Waals surface area contributed by atoms with Crippen LogP contribution < -0.4 is 5.32 Å². The van der Waals surface area contributed by atoms with Crippen molar-refractivity contribution in [2.75, 3.05) is 6.54 Å². The van der Waals surface area contributed by atoms with E-state index in [9.17, 15) is 13.2 Å². The van der Waals surface area contributed by atoms with Crippen LogP contribution in [0.15, 0.2) is 28.9 Å². The van der Waals surface area contributed by atoms with E-state index in [0.29, 0.717) is 11.7 Å². The Kier molecular flexibility index (Phi) is 6.40. The molecule has 2 aromatic heterocycles. The first-order valence-corrected chi connectivity index (χ1v) is 9.48. The van der Waals surface area contributed by atoms with Crippen molar-refractivity contribution in [1.82, 2.24) is 20.4 Å². The lowest BCUT2D eigenvalue weighted by molar-refractivity contribution is -0.192. The largest absolute Gasteiger partial charge is 0.490 e. The van der Waals surface area contributed by atoms with Gasteiger partial charge in [0.25, 0.3) is 5.89 Å². The van der Waals surface area contributed by atoms with Gasteiger partial charge in [0.1, 0.15) is 0 Å². The number of pyridine rings is 1. The molecule has 3 aromatic rings. The average Bonchev–Trinajstić information content (AvgIpc) is 3.19. The number of aliphatic carboxylic acids is 1. The molecular weight excluding hydrogens is 413 g/mol. The lowest BCUT2D eigenvalue weighted by atomic mass is 9.95. The Morgan fingerprint density at radius 2 is 1.94 bits per heavy atom. The van der Waals surface area contributed by atoms with Gasteiger partial charge in [-0.2, -0.15) is 18.2 Å². The maximum absolute atomic E-state index is 10.6. The molecule has 0 aliphatic carbocycles. The monoisotopic (exact) mass is 434 g/mol. The number of rotatable bonds is 2. The summed E-state index contributed by atoms with van der Waals surface area (Å²) < 4.78 is 37.3. The van der Waals surface area contributed by atoms with Crippen LogP contribution >= 0.6 is 0 Å². The molecule has 0 atom stereocenters. The third-order valence-electron chi connectivity index (χ3n) is 5.06. The summed E-state index contributed by atoms with van der Waals surface area (Å²) in [6.07, 6.45) is -2.17. The Hall–Kier alpha value is -3.27. The molecule has 164 valence electrons. The van der Waals surface area contributed by atoms with E-state index in [1.807, 2.05) is 25.3 Å². The topological polar surface area (TPSA) is 101 Å². The van der Waals surface area contributed by atoms with Crippen LogP contribution in [0.25, 0.3) is 22.8 Å². The minimum absolute atomic E-state index is 0.567. The summed E-state index contributed by atoms with van der Waals surface area (Å²) in [5.41, 5.74) is 7.86. The van der Waals surface area contributed by atoms with Gasteiger partial charge in [-0.1, -0.05) is 17.3 Å². The molecule has 0 bridgehead atoms. The summed E-state index contributed by atoms with van der Waals surface area (Å²) in [6.45, 7) is 7.98. The zero-order chi connectivity index (χ0) is 22.8. The fourth-order valence-electron chi connectivity index (χ4n) is 3.28. The van der Waals surface area contributed by atoms with Gasteiger partial charge >= 0.3 is 12.1 Å². The number of benzene rings is 1. The number of hydrogen-bond acceptors (Lipinski definition) is 6. The number of alkyl halides is 3. The number of nitrogens with one attached hydrogen (secondary N) is 1. The third kappa shape index (κ3) is 4.91. The molecule has 0 fully saturated rings. The van der Waals surface area contributed by atoms with E-state index in [4.69, 9.17) is 14.4 Å². The summed E-state index contributed by atoms with van der Waals surface area (Å²) >= 11 is 0. The fourth-order valence-corrected chi connectivity index (χ4v) is 3.28. The van der Waals surface area contributed by atoms with Crippen molar-refractivity contribution in [2.45, 2.75) is 39.9 Å². The minimum Gasteiger partial charge on any atom is -0.475 e. The van der Waals surface area contributed by atoms with E-state index in [1.165, 1.54) is 22.3 Å². The summed E-state index contributed by atoms with van der Waals surface area (Å²) in [5, 5.41) is 14.8. The molecule has 1 aromatic carbocycles. The number of hydrogen-bond donors (Lipinski definition) is 2. The summed E-state index contributed by atoms with van der Waals surface area (Å²) in [4.78, 5) is 18.1. The predicted octanol–water partition coefficient (Wildman–Crippen LogP) is 4.00.